The van der Waals surface area contributed by atoms with Crippen LogP contribution in [0.3, 0.4) is 0 Å². The summed E-state index contributed by atoms with van der Waals surface area (Å²) in [5, 5.41) is 0. The van der Waals surface area contributed by atoms with Crippen molar-refractivity contribution in [3.05, 3.63) is 209 Å². The molecule has 0 N–H and O–H groups in total. The van der Waals surface area contributed by atoms with Gasteiger partial charge in [0, 0.05) is 22.5 Å². The normalized spacial score (nSPS) is 14.7. The van der Waals surface area contributed by atoms with E-state index in [2.05, 4.69) is 209 Å². The van der Waals surface area contributed by atoms with Gasteiger partial charge in [0.15, 0.2) is 0 Å². The third kappa shape index (κ3) is 4.68. The predicted octanol–water partition coefficient (Wildman–Crippen LogP) is 13.1. The number of fused-ring (bicyclic) bond motifs is 6. The van der Waals surface area contributed by atoms with Crippen molar-refractivity contribution in [3.8, 4) is 22.3 Å². The van der Waals surface area contributed by atoms with Crippen LogP contribution in [-0.2, 0) is 16.2 Å². The van der Waals surface area contributed by atoms with Gasteiger partial charge in [0.1, 0.15) is 0 Å². The summed E-state index contributed by atoms with van der Waals surface area (Å²) in [6.45, 7) is 11.6. The second-order valence-corrected chi connectivity index (χ2v) is 15.8. The summed E-state index contributed by atoms with van der Waals surface area (Å²) in [5.74, 6) is 0. The van der Waals surface area contributed by atoms with Gasteiger partial charge in [0.05, 0.1) is 5.41 Å². The molecule has 7 aromatic carbocycles. The molecule has 0 saturated carbocycles. The first-order valence-corrected chi connectivity index (χ1v) is 18.2. The van der Waals surface area contributed by atoms with Gasteiger partial charge in [-0.15, -0.1) is 0 Å². The molecule has 2 aliphatic rings. The van der Waals surface area contributed by atoms with Gasteiger partial charge in [-0.05, 0) is 103 Å². The van der Waals surface area contributed by atoms with E-state index in [9.17, 15) is 0 Å². The van der Waals surface area contributed by atoms with Crippen LogP contribution in [0.15, 0.2) is 170 Å². The van der Waals surface area contributed by atoms with Crippen LogP contribution >= 0.6 is 0 Å². The van der Waals surface area contributed by atoms with Gasteiger partial charge < -0.3 is 4.90 Å². The second-order valence-electron chi connectivity index (χ2n) is 15.8. The number of nitrogens with zero attached hydrogens (tertiary/aromatic N) is 1. The topological polar surface area (TPSA) is 3.24 Å². The molecule has 0 heterocycles. The Morgan fingerprint density at radius 3 is 1.39 bits per heavy atom. The molecule has 0 amide bonds. The lowest BCUT2D eigenvalue weighted by Gasteiger charge is -2.35. The first-order chi connectivity index (χ1) is 24.7. The molecule has 0 unspecified atom stereocenters. The van der Waals surface area contributed by atoms with Gasteiger partial charge in [-0.1, -0.05) is 168 Å². The Hall–Kier alpha value is -5.66. The number of rotatable bonds is 5. The molecular weight excluding hydrogens is 615 g/mol. The molecule has 248 valence electrons. The fraction of sp³-hybridized carbons (Fsp3) is 0.160. The fourth-order valence-electron chi connectivity index (χ4n) is 8.96. The fourth-order valence-corrected chi connectivity index (χ4v) is 8.96. The Bertz CT molecular complexity index is 2370. The van der Waals surface area contributed by atoms with Crippen molar-refractivity contribution in [3.63, 3.8) is 0 Å². The largest absolute Gasteiger partial charge is 0.310 e. The first kappa shape index (κ1) is 31.3. The predicted molar refractivity (Wildman–Crippen MR) is 215 cm³/mol. The molecular formula is C50H43N. The molecule has 0 atom stereocenters. The molecule has 1 heteroatoms. The highest BCUT2D eigenvalue weighted by Crippen LogP contribution is 2.57. The summed E-state index contributed by atoms with van der Waals surface area (Å²) in [4.78, 5) is 2.47. The lowest BCUT2D eigenvalue weighted by Crippen LogP contribution is -2.28. The third-order valence-corrected chi connectivity index (χ3v) is 11.5. The van der Waals surface area contributed by atoms with Crippen molar-refractivity contribution in [2.24, 2.45) is 0 Å². The van der Waals surface area contributed by atoms with E-state index in [-0.39, 0.29) is 10.8 Å². The van der Waals surface area contributed by atoms with E-state index < -0.39 is 5.41 Å². The van der Waals surface area contributed by atoms with Crippen molar-refractivity contribution in [1.29, 1.82) is 0 Å². The summed E-state index contributed by atoms with van der Waals surface area (Å²) < 4.78 is 0. The highest BCUT2D eigenvalue weighted by Gasteiger charge is 2.46. The van der Waals surface area contributed by atoms with Crippen molar-refractivity contribution >= 4 is 17.1 Å². The summed E-state index contributed by atoms with van der Waals surface area (Å²) >= 11 is 0. The first-order valence-electron chi connectivity index (χ1n) is 18.2. The zero-order valence-corrected chi connectivity index (χ0v) is 30.1. The molecule has 0 saturated heterocycles. The van der Waals surface area contributed by atoms with Crippen LogP contribution in [-0.4, -0.2) is 0 Å². The molecule has 0 aliphatic heterocycles. The summed E-state index contributed by atoms with van der Waals surface area (Å²) in [6.07, 6.45) is 0. The van der Waals surface area contributed by atoms with Crippen molar-refractivity contribution < 1.29 is 0 Å². The zero-order chi connectivity index (χ0) is 35.0. The van der Waals surface area contributed by atoms with Gasteiger partial charge in [0.25, 0.3) is 0 Å². The molecule has 1 nitrogen and oxygen atoms in total. The lowest BCUT2D eigenvalue weighted by molar-refractivity contribution is 0.590. The van der Waals surface area contributed by atoms with E-state index in [1.165, 1.54) is 66.9 Å². The van der Waals surface area contributed by atoms with E-state index in [4.69, 9.17) is 0 Å². The maximum Gasteiger partial charge on any atom is 0.0714 e. The summed E-state index contributed by atoms with van der Waals surface area (Å²) in [5.41, 5.74) is 17.5. The standard InChI is InChI=1S/C50H43N/c1-48(2,3)34-24-26-37(27-25-34)51(38-28-30-42-40-20-12-14-22-44(40)49(4,5)46(42)32-38)39-29-31-43-41-21-13-15-23-45(41)50(47(43)33-39,35-16-8-6-9-17-35)36-18-10-7-11-19-36/h6-33H,1-5H3. The average Bonchev–Trinajstić information content (AvgIpc) is 3.58. The summed E-state index contributed by atoms with van der Waals surface area (Å²) in [7, 11) is 0. The van der Waals surface area contributed by atoms with E-state index in [1.54, 1.807) is 0 Å². The van der Waals surface area contributed by atoms with Crippen molar-refractivity contribution in [1.82, 2.24) is 0 Å². The minimum Gasteiger partial charge on any atom is -0.310 e. The summed E-state index contributed by atoms with van der Waals surface area (Å²) in [6, 6.07) is 63.5. The number of benzene rings is 7. The van der Waals surface area contributed by atoms with Crippen LogP contribution < -0.4 is 4.90 Å². The monoisotopic (exact) mass is 657 g/mol. The van der Waals surface area contributed by atoms with Gasteiger partial charge in [-0.2, -0.15) is 0 Å². The molecule has 0 fully saturated rings. The SMILES string of the molecule is CC(C)(C)c1ccc(N(c2ccc3c(c2)C(C)(C)c2ccccc2-3)c2ccc3c(c2)C(c2ccccc2)(c2ccccc2)c2ccccc2-3)cc1. The van der Waals surface area contributed by atoms with Crippen LogP contribution in [0.25, 0.3) is 22.3 Å². The average molecular weight is 658 g/mol. The Morgan fingerprint density at radius 1 is 0.392 bits per heavy atom. The van der Waals surface area contributed by atoms with E-state index in [0.717, 1.165) is 11.4 Å². The van der Waals surface area contributed by atoms with E-state index in [0.29, 0.717) is 0 Å². The third-order valence-electron chi connectivity index (χ3n) is 11.5. The number of hydrogen-bond acceptors (Lipinski definition) is 1. The number of hydrogen-bond donors (Lipinski definition) is 0. The van der Waals surface area contributed by atoms with Crippen LogP contribution in [0.2, 0.25) is 0 Å². The van der Waals surface area contributed by atoms with Crippen LogP contribution in [0.1, 0.15) is 73.6 Å². The van der Waals surface area contributed by atoms with Gasteiger partial charge in [-0.3, -0.25) is 0 Å². The lowest BCUT2D eigenvalue weighted by atomic mass is 9.67. The van der Waals surface area contributed by atoms with Crippen LogP contribution in [0.4, 0.5) is 17.1 Å². The Kier molecular flexibility index (Phi) is 7.03. The molecule has 0 aromatic heterocycles. The molecule has 9 rings (SSSR count). The highest BCUT2D eigenvalue weighted by atomic mass is 15.1. The van der Waals surface area contributed by atoms with E-state index in [1.807, 2.05) is 0 Å². The van der Waals surface area contributed by atoms with Gasteiger partial charge in [-0.25, -0.2) is 0 Å². The maximum atomic E-state index is 2.47. The van der Waals surface area contributed by atoms with Gasteiger partial charge in [0.2, 0.25) is 0 Å². The Morgan fingerprint density at radius 2 is 0.824 bits per heavy atom. The second kappa shape index (κ2) is 11.4. The Labute approximate surface area is 302 Å². The van der Waals surface area contributed by atoms with Crippen LogP contribution in [0, 0.1) is 0 Å². The molecule has 0 bridgehead atoms. The maximum absolute atomic E-state index is 2.47. The van der Waals surface area contributed by atoms with Crippen LogP contribution in [0.5, 0.6) is 0 Å². The molecule has 2 aliphatic carbocycles. The molecule has 51 heavy (non-hydrogen) atoms. The quantitative estimate of drug-likeness (QED) is 0.178. The Balaban J connectivity index is 1.30. The zero-order valence-electron chi connectivity index (χ0n) is 30.1. The number of anilines is 3. The van der Waals surface area contributed by atoms with E-state index >= 15 is 0 Å². The van der Waals surface area contributed by atoms with Crippen molar-refractivity contribution in [2.75, 3.05) is 4.90 Å². The van der Waals surface area contributed by atoms with Crippen molar-refractivity contribution in [2.45, 2.75) is 50.9 Å². The molecule has 7 aromatic rings. The molecule has 0 spiro atoms. The minimum atomic E-state index is -0.464. The minimum absolute atomic E-state index is 0.0665. The highest BCUT2D eigenvalue weighted by molar-refractivity contribution is 5.90. The molecule has 0 radical (unpaired) electrons. The smallest absolute Gasteiger partial charge is 0.0714 e. The van der Waals surface area contributed by atoms with Gasteiger partial charge >= 0.3 is 0 Å².